The lowest BCUT2D eigenvalue weighted by Crippen LogP contribution is -2.37. The van der Waals surface area contributed by atoms with E-state index in [1.54, 1.807) is 23.1 Å². The lowest BCUT2D eigenvalue weighted by Gasteiger charge is -2.24. The van der Waals surface area contributed by atoms with Crippen molar-refractivity contribution in [2.24, 2.45) is 5.16 Å². The van der Waals surface area contributed by atoms with Gasteiger partial charge in [0.15, 0.2) is 6.10 Å². The molecule has 0 N–H and O–H groups in total. The van der Waals surface area contributed by atoms with Crippen molar-refractivity contribution >= 4 is 34.6 Å². The molecule has 0 unspecified atom stereocenters. The SMILES string of the molecule is O=C(c1cccs1)N(Cc1ccc(F)cc1)C[C@H]1CC(c2ccc(Cl)cc2)=NO1. The Morgan fingerprint density at radius 2 is 1.93 bits per heavy atom. The highest BCUT2D eigenvalue weighted by Gasteiger charge is 2.27. The number of rotatable bonds is 6. The highest BCUT2D eigenvalue weighted by molar-refractivity contribution is 7.12. The van der Waals surface area contributed by atoms with Crippen molar-refractivity contribution < 1.29 is 14.0 Å². The summed E-state index contributed by atoms with van der Waals surface area (Å²) in [7, 11) is 0. The molecule has 0 saturated heterocycles. The monoisotopic (exact) mass is 428 g/mol. The minimum absolute atomic E-state index is 0.0760. The number of thiophene rings is 1. The Morgan fingerprint density at radius 1 is 1.17 bits per heavy atom. The van der Waals surface area contributed by atoms with Gasteiger partial charge in [0.05, 0.1) is 17.1 Å². The fourth-order valence-electron chi connectivity index (χ4n) is 3.17. The van der Waals surface area contributed by atoms with Crippen molar-refractivity contribution in [3.63, 3.8) is 0 Å². The lowest BCUT2D eigenvalue weighted by molar-refractivity contribution is 0.0408. The second-order valence-corrected chi connectivity index (χ2v) is 8.15. The summed E-state index contributed by atoms with van der Waals surface area (Å²) in [5.74, 6) is -0.377. The molecule has 0 radical (unpaired) electrons. The van der Waals surface area contributed by atoms with Crippen molar-refractivity contribution in [3.05, 3.63) is 92.9 Å². The van der Waals surface area contributed by atoms with Crippen LogP contribution >= 0.6 is 22.9 Å². The molecule has 1 atom stereocenters. The summed E-state index contributed by atoms with van der Waals surface area (Å²) in [6.45, 7) is 0.752. The van der Waals surface area contributed by atoms with Gasteiger partial charge in [0.1, 0.15) is 5.82 Å². The highest BCUT2D eigenvalue weighted by atomic mass is 35.5. The van der Waals surface area contributed by atoms with Crippen LogP contribution in [0.2, 0.25) is 5.02 Å². The summed E-state index contributed by atoms with van der Waals surface area (Å²) in [6.07, 6.45) is 0.351. The number of amides is 1. The first-order valence-electron chi connectivity index (χ1n) is 9.14. The minimum Gasteiger partial charge on any atom is -0.390 e. The van der Waals surface area contributed by atoms with E-state index < -0.39 is 0 Å². The van der Waals surface area contributed by atoms with E-state index in [1.807, 2.05) is 35.7 Å². The van der Waals surface area contributed by atoms with Crippen LogP contribution in [0.5, 0.6) is 0 Å². The average Bonchev–Trinajstić information content (AvgIpc) is 3.41. The van der Waals surface area contributed by atoms with Crippen LogP contribution in [0.15, 0.2) is 71.2 Å². The van der Waals surface area contributed by atoms with Gasteiger partial charge < -0.3 is 9.74 Å². The Kier molecular flexibility index (Phi) is 5.92. The maximum absolute atomic E-state index is 13.2. The summed E-state index contributed by atoms with van der Waals surface area (Å²) in [5, 5.41) is 6.74. The third kappa shape index (κ3) is 4.83. The van der Waals surface area contributed by atoms with E-state index in [0.717, 1.165) is 16.8 Å². The van der Waals surface area contributed by atoms with Crippen molar-refractivity contribution in [1.29, 1.82) is 0 Å². The molecule has 2 aromatic carbocycles. The molecule has 0 spiro atoms. The molecule has 29 heavy (non-hydrogen) atoms. The molecule has 7 heteroatoms. The summed E-state index contributed by atoms with van der Waals surface area (Å²) in [6, 6.07) is 17.3. The maximum atomic E-state index is 13.2. The van der Waals surface area contributed by atoms with Gasteiger partial charge in [-0.3, -0.25) is 4.79 Å². The molecule has 4 nitrogen and oxygen atoms in total. The summed E-state index contributed by atoms with van der Waals surface area (Å²) in [5.41, 5.74) is 2.64. The van der Waals surface area contributed by atoms with Crippen LogP contribution in [0.1, 0.15) is 27.2 Å². The molecule has 148 valence electrons. The van der Waals surface area contributed by atoms with Crippen LogP contribution in [-0.2, 0) is 11.4 Å². The number of halogens is 2. The number of benzene rings is 2. The number of hydrogen-bond acceptors (Lipinski definition) is 4. The van der Waals surface area contributed by atoms with Gasteiger partial charge in [-0.15, -0.1) is 11.3 Å². The van der Waals surface area contributed by atoms with E-state index in [0.29, 0.717) is 29.4 Å². The van der Waals surface area contributed by atoms with Gasteiger partial charge >= 0.3 is 0 Å². The van der Waals surface area contributed by atoms with Crippen molar-refractivity contribution in [2.45, 2.75) is 19.1 Å². The predicted octanol–water partition coefficient (Wildman–Crippen LogP) is 5.38. The third-order valence-electron chi connectivity index (χ3n) is 4.64. The van der Waals surface area contributed by atoms with Gasteiger partial charge in [0.2, 0.25) is 0 Å². The van der Waals surface area contributed by atoms with E-state index in [2.05, 4.69) is 5.16 Å². The average molecular weight is 429 g/mol. The number of carbonyl (C=O) groups is 1. The second-order valence-electron chi connectivity index (χ2n) is 6.77. The van der Waals surface area contributed by atoms with E-state index in [4.69, 9.17) is 16.4 Å². The summed E-state index contributed by atoms with van der Waals surface area (Å²) in [4.78, 5) is 21.0. The van der Waals surface area contributed by atoms with Crippen LogP contribution in [0, 0.1) is 5.82 Å². The topological polar surface area (TPSA) is 41.9 Å². The summed E-state index contributed by atoms with van der Waals surface area (Å²) < 4.78 is 13.2. The van der Waals surface area contributed by atoms with Crippen molar-refractivity contribution in [2.75, 3.05) is 6.54 Å². The third-order valence-corrected chi connectivity index (χ3v) is 5.75. The number of hydrogen-bond donors (Lipinski definition) is 0. The van der Waals surface area contributed by atoms with Gasteiger partial charge in [-0.25, -0.2) is 4.39 Å². The number of oxime groups is 1. The van der Waals surface area contributed by atoms with Crippen LogP contribution in [0.25, 0.3) is 0 Å². The van der Waals surface area contributed by atoms with Crippen LogP contribution in [0.4, 0.5) is 4.39 Å². The molecule has 1 aliphatic rings. The molecule has 0 saturated carbocycles. The molecule has 0 aliphatic carbocycles. The first-order valence-corrected chi connectivity index (χ1v) is 10.4. The van der Waals surface area contributed by atoms with Crippen LogP contribution in [0.3, 0.4) is 0 Å². The van der Waals surface area contributed by atoms with Crippen molar-refractivity contribution in [3.8, 4) is 0 Å². The zero-order valence-corrected chi connectivity index (χ0v) is 17.0. The second kappa shape index (κ2) is 8.76. The standard InChI is InChI=1S/C22H18ClFN2O2S/c23-17-7-5-16(6-8-17)20-12-19(28-25-20)14-26(22(27)21-2-1-11-29-21)13-15-3-9-18(24)10-4-15/h1-11,19H,12-14H2/t19-/m1/s1. The Bertz CT molecular complexity index is 1000. The molecule has 0 fully saturated rings. The molecule has 3 aromatic rings. The molecular formula is C22H18ClFN2O2S. The predicted molar refractivity (Wildman–Crippen MR) is 113 cm³/mol. The smallest absolute Gasteiger partial charge is 0.264 e. The largest absolute Gasteiger partial charge is 0.390 e. The Balaban J connectivity index is 1.47. The Morgan fingerprint density at radius 3 is 2.62 bits per heavy atom. The van der Waals surface area contributed by atoms with E-state index in [9.17, 15) is 9.18 Å². The molecule has 1 aromatic heterocycles. The zero-order chi connectivity index (χ0) is 20.2. The highest BCUT2D eigenvalue weighted by Crippen LogP contribution is 2.22. The molecule has 1 aliphatic heterocycles. The summed E-state index contributed by atoms with van der Waals surface area (Å²) >= 11 is 7.34. The van der Waals surface area contributed by atoms with E-state index in [1.165, 1.54) is 23.5 Å². The van der Waals surface area contributed by atoms with Crippen LogP contribution < -0.4 is 0 Å². The Hall–Kier alpha value is -2.70. The van der Waals surface area contributed by atoms with E-state index >= 15 is 0 Å². The minimum atomic E-state index is -0.301. The molecular weight excluding hydrogens is 411 g/mol. The van der Waals surface area contributed by atoms with Gasteiger partial charge in [-0.05, 0) is 46.8 Å². The van der Waals surface area contributed by atoms with E-state index in [-0.39, 0.29) is 17.8 Å². The molecule has 4 rings (SSSR count). The van der Waals surface area contributed by atoms with Crippen LogP contribution in [-0.4, -0.2) is 29.2 Å². The fraction of sp³-hybridized carbons (Fsp3) is 0.182. The van der Waals surface area contributed by atoms with Gasteiger partial charge in [0.25, 0.3) is 5.91 Å². The molecule has 0 bridgehead atoms. The first kappa shape index (κ1) is 19.6. The molecule has 2 heterocycles. The quantitative estimate of drug-likeness (QED) is 0.529. The zero-order valence-electron chi connectivity index (χ0n) is 15.4. The Labute approximate surface area is 177 Å². The first-order chi connectivity index (χ1) is 14.1. The van der Waals surface area contributed by atoms with Gasteiger partial charge in [-0.1, -0.05) is 47.1 Å². The van der Waals surface area contributed by atoms with Gasteiger partial charge in [0, 0.05) is 18.0 Å². The maximum Gasteiger partial charge on any atom is 0.264 e. The van der Waals surface area contributed by atoms with Gasteiger partial charge in [-0.2, -0.15) is 0 Å². The number of nitrogens with zero attached hydrogens (tertiary/aromatic N) is 2. The normalized spacial score (nSPS) is 15.7. The number of carbonyl (C=O) groups excluding carboxylic acids is 1. The van der Waals surface area contributed by atoms with Crippen molar-refractivity contribution in [1.82, 2.24) is 4.90 Å². The fourth-order valence-corrected chi connectivity index (χ4v) is 3.99. The molecule has 1 amide bonds. The lowest BCUT2D eigenvalue weighted by atomic mass is 10.0.